The van der Waals surface area contributed by atoms with Crippen LogP contribution in [-0.4, -0.2) is 70.4 Å². The fourth-order valence-electron chi connectivity index (χ4n) is 3.98. The van der Waals surface area contributed by atoms with Crippen LogP contribution in [0.15, 0.2) is 35.2 Å². The fraction of sp³-hybridized carbons (Fsp3) is 0.529. The van der Waals surface area contributed by atoms with E-state index in [9.17, 15) is 13.2 Å². The Labute approximate surface area is 152 Å². The van der Waals surface area contributed by atoms with E-state index in [0.717, 1.165) is 12.4 Å². The molecule has 9 heteroatoms. The molecule has 2 aliphatic rings. The van der Waals surface area contributed by atoms with Gasteiger partial charge in [-0.15, -0.1) is 0 Å². The first-order valence-corrected chi connectivity index (χ1v) is 10.6. The van der Waals surface area contributed by atoms with Crippen LogP contribution < -0.4 is 0 Å². The lowest BCUT2D eigenvalue weighted by Crippen LogP contribution is -2.60. The lowest BCUT2D eigenvalue weighted by atomic mass is 10.0. The number of rotatable bonds is 4. The number of hydrogen-bond acceptors (Lipinski definition) is 6. The molecule has 2 saturated heterocycles. The first-order chi connectivity index (χ1) is 12.5. The lowest BCUT2D eigenvalue weighted by Gasteiger charge is -2.43. The Hall–Kier alpha value is -2.13. The van der Waals surface area contributed by atoms with E-state index in [0.29, 0.717) is 19.6 Å². The van der Waals surface area contributed by atoms with Crippen molar-refractivity contribution in [2.24, 2.45) is 0 Å². The van der Waals surface area contributed by atoms with E-state index in [1.54, 1.807) is 23.2 Å². The number of carbonyl (C=O) groups excluding carboxylic acids is 1. The van der Waals surface area contributed by atoms with Crippen molar-refractivity contribution in [1.29, 1.82) is 0 Å². The predicted molar refractivity (Wildman–Crippen MR) is 94.3 cm³/mol. The monoisotopic (exact) mass is 378 g/mol. The second-order valence-corrected chi connectivity index (χ2v) is 8.94. The molecule has 2 aromatic rings. The molecule has 0 aliphatic carbocycles. The Morgan fingerprint density at radius 3 is 2.85 bits per heavy atom. The Balaban J connectivity index is 1.59. The molecule has 26 heavy (non-hydrogen) atoms. The van der Waals surface area contributed by atoms with Gasteiger partial charge in [0.1, 0.15) is 5.82 Å². The molecule has 2 fully saturated rings. The molecule has 0 spiro atoms. The van der Waals surface area contributed by atoms with Crippen molar-refractivity contribution in [2.75, 3.05) is 24.6 Å². The van der Waals surface area contributed by atoms with Crippen LogP contribution >= 0.6 is 0 Å². The van der Waals surface area contributed by atoms with Crippen LogP contribution in [0, 0.1) is 0 Å². The number of imidazole rings is 1. The molecule has 2 aliphatic heterocycles. The summed E-state index contributed by atoms with van der Waals surface area (Å²) in [5.41, 5.74) is 0. The summed E-state index contributed by atoms with van der Waals surface area (Å²) in [5.74, 6) is 1.01. The highest BCUT2D eigenvalue weighted by atomic mass is 32.2. The smallest absolute Gasteiger partial charge is 0.289 e. The average Bonchev–Trinajstić information content (AvgIpc) is 3.32. The molecule has 2 atom stereocenters. The van der Waals surface area contributed by atoms with Crippen LogP contribution in [0.25, 0.3) is 0 Å². The van der Waals surface area contributed by atoms with Crippen molar-refractivity contribution in [3.8, 4) is 0 Å². The number of nitrogens with zero attached hydrogens (tertiary/aromatic N) is 4. The van der Waals surface area contributed by atoms with Crippen LogP contribution in [-0.2, 0) is 22.9 Å². The Kier molecular flexibility index (Phi) is 4.36. The van der Waals surface area contributed by atoms with Gasteiger partial charge in [-0.1, -0.05) is 0 Å². The zero-order valence-electron chi connectivity index (χ0n) is 14.6. The minimum absolute atomic E-state index is 0.00281. The van der Waals surface area contributed by atoms with Gasteiger partial charge in [0.2, 0.25) is 0 Å². The number of sulfone groups is 1. The maximum absolute atomic E-state index is 12.7. The van der Waals surface area contributed by atoms with E-state index in [1.165, 1.54) is 6.26 Å². The molecule has 8 nitrogen and oxygen atoms in total. The first kappa shape index (κ1) is 17.3. The van der Waals surface area contributed by atoms with Crippen LogP contribution in [0.5, 0.6) is 0 Å². The lowest BCUT2D eigenvalue weighted by molar-refractivity contribution is 0.0271. The maximum Gasteiger partial charge on any atom is 0.289 e. The van der Waals surface area contributed by atoms with E-state index in [-0.39, 0.29) is 35.3 Å². The first-order valence-electron chi connectivity index (χ1n) is 8.77. The quantitative estimate of drug-likeness (QED) is 0.775. The molecule has 0 N–H and O–H groups in total. The van der Waals surface area contributed by atoms with Gasteiger partial charge in [0, 0.05) is 38.1 Å². The van der Waals surface area contributed by atoms with Crippen molar-refractivity contribution < 1.29 is 17.6 Å². The summed E-state index contributed by atoms with van der Waals surface area (Å²) >= 11 is 0. The summed E-state index contributed by atoms with van der Waals surface area (Å²) in [6, 6.07) is 2.72. The number of fused-ring (bicyclic) bond motifs is 1. The normalized spacial score (nSPS) is 25.3. The number of hydrogen-bond donors (Lipinski definition) is 0. The molecule has 0 aromatic carbocycles. The van der Waals surface area contributed by atoms with Gasteiger partial charge < -0.3 is 13.9 Å². The fourth-order valence-corrected chi connectivity index (χ4v) is 5.99. The minimum Gasteiger partial charge on any atom is -0.459 e. The second kappa shape index (κ2) is 6.55. The number of furan rings is 1. The molecule has 4 heterocycles. The van der Waals surface area contributed by atoms with Crippen molar-refractivity contribution in [1.82, 2.24) is 19.4 Å². The van der Waals surface area contributed by atoms with Gasteiger partial charge in [-0.3, -0.25) is 9.69 Å². The van der Waals surface area contributed by atoms with Gasteiger partial charge >= 0.3 is 0 Å². The van der Waals surface area contributed by atoms with Crippen molar-refractivity contribution in [3.63, 3.8) is 0 Å². The molecule has 4 rings (SSSR count). The highest BCUT2D eigenvalue weighted by Gasteiger charge is 2.48. The Morgan fingerprint density at radius 2 is 2.12 bits per heavy atom. The number of amides is 1. The molecular formula is C17H22N4O4S. The number of carbonyl (C=O) groups is 1. The van der Waals surface area contributed by atoms with Gasteiger partial charge in [-0.2, -0.15) is 0 Å². The molecule has 2 aromatic heterocycles. The van der Waals surface area contributed by atoms with Crippen molar-refractivity contribution in [3.05, 3.63) is 42.4 Å². The third kappa shape index (κ3) is 3.05. The average molecular weight is 378 g/mol. The van der Waals surface area contributed by atoms with E-state index >= 15 is 0 Å². The molecule has 0 saturated carbocycles. The largest absolute Gasteiger partial charge is 0.459 e. The molecule has 0 unspecified atom stereocenters. The van der Waals surface area contributed by atoms with Crippen LogP contribution in [0.2, 0.25) is 0 Å². The Bertz CT molecular complexity index is 890. The van der Waals surface area contributed by atoms with E-state index in [2.05, 4.69) is 14.5 Å². The Morgan fingerprint density at radius 1 is 1.31 bits per heavy atom. The highest BCUT2D eigenvalue weighted by Crippen LogP contribution is 2.29. The minimum atomic E-state index is -3.18. The van der Waals surface area contributed by atoms with E-state index < -0.39 is 9.84 Å². The van der Waals surface area contributed by atoms with Crippen molar-refractivity contribution >= 4 is 15.7 Å². The van der Waals surface area contributed by atoms with Crippen LogP contribution in [0.4, 0.5) is 0 Å². The van der Waals surface area contributed by atoms with Crippen LogP contribution in [0.3, 0.4) is 0 Å². The standard InChI is InChI=1S/C17H22N4O4S/c1-2-19-6-5-18-16(19)10-20-7-8-21(17(22)15-4-3-9-25-15)14-12-26(23,24)11-13(14)20/h3-6,9,13-14H,2,7-8,10-12H2,1H3/t13-,14+/m1/s1. The third-order valence-corrected chi connectivity index (χ3v) is 6.97. The van der Waals surface area contributed by atoms with Gasteiger partial charge in [-0.05, 0) is 19.1 Å². The van der Waals surface area contributed by atoms with Gasteiger partial charge in [0.05, 0.1) is 30.4 Å². The maximum atomic E-state index is 12.7. The second-order valence-electron chi connectivity index (χ2n) is 6.79. The summed E-state index contributed by atoms with van der Waals surface area (Å²) in [6.07, 6.45) is 5.14. The molecular weight excluding hydrogens is 356 g/mol. The SMILES string of the molecule is CCn1ccnc1CN1CCN(C(=O)c2ccco2)[C@H]2CS(=O)(=O)C[C@H]21. The summed E-state index contributed by atoms with van der Waals surface area (Å²) < 4.78 is 31.9. The van der Waals surface area contributed by atoms with Crippen molar-refractivity contribution in [2.45, 2.75) is 32.1 Å². The summed E-state index contributed by atoms with van der Waals surface area (Å²) in [6.45, 7) is 4.54. The van der Waals surface area contributed by atoms with Gasteiger partial charge in [0.15, 0.2) is 15.6 Å². The summed E-state index contributed by atoms with van der Waals surface area (Å²) in [4.78, 5) is 21.0. The molecule has 0 bridgehead atoms. The number of piperazine rings is 1. The molecule has 1 amide bonds. The highest BCUT2D eigenvalue weighted by molar-refractivity contribution is 7.91. The summed E-state index contributed by atoms with van der Waals surface area (Å²) in [7, 11) is -3.18. The predicted octanol–water partition coefficient (Wildman–Crippen LogP) is 0.620. The number of aryl methyl sites for hydroxylation is 1. The zero-order chi connectivity index (χ0) is 18.3. The summed E-state index contributed by atoms with van der Waals surface area (Å²) in [5, 5.41) is 0. The van der Waals surface area contributed by atoms with Gasteiger partial charge in [-0.25, -0.2) is 13.4 Å². The van der Waals surface area contributed by atoms with Gasteiger partial charge in [0.25, 0.3) is 5.91 Å². The molecule has 0 radical (unpaired) electrons. The third-order valence-electron chi connectivity index (χ3n) is 5.27. The van der Waals surface area contributed by atoms with E-state index in [1.807, 2.05) is 13.1 Å². The number of aromatic nitrogens is 2. The van der Waals surface area contributed by atoms with Crippen LogP contribution in [0.1, 0.15) is 23.3 Å². The molecule has 140 valence electrons. The van der Waals surface area contributed by atoms with E-state index in [4.69, 9.17) is 4.42 Å². The topological polar surface area (TPSA) is 88.7 Å². The zero-order valence-corrected chi connectivity index (χ0v) is 15.4.